The molecule has 1 aromatic heterocycles. The van der Waals surface area contributed by atoms with Gasteiger partial charge in [0.2, 0.25) is 0 Å². The number of aliphatic hydroxyl groups is 1. The fraction of sp³-hybridized carbons (Fsp3) is 0.318. The number of hydrogen-bond acceptors (Lipinski definition) is 5. The standard InChI is InChI=1S/C22H22FN3O3/c23-16-6-3-14(4-7-16)20-21(24-12-13-1-8-17(27)9-2-13)26-19-11-15(22(28)29)5-10-18(19)25-20/h3-7,10-11,13,17,27H,1-2,8-9,12H2,(H,24,26)(H,28,29). The Hall–Kier alpha value is -3.06. The average molecular weight is 395 g/mol. The van der Waals surface area contributed by atoms with Crippen LogP contribution in [0.5, 0.6) is 0 Å². The molecule has 0 unspecified atom stereocenters. The molecule has 29 heavy (non-hydrogen) atoms. The molecular formula is C22H22FN3O3. The summed E-state index contributed by atoms with van der Waals surface area (Å²) in [6.07, 6.45) is 3.25. The van der Waals surface area contributed by atoms with Gasteiger partial charge in [-0.2, -0.15) is 0 Å². The third-order valence-corrected chi connectivity index (χ3v) is 5.40. The normalized spacial score (nSPS) is 19.2. The van der Waals surface area contributed by atoms with Crippen molar-refractivity contribution in [2.45, 2.75) is 31.8 Å². The van der Waals surface area contributed by atoms with Gasteiger partial charge in [-0.3, -0.25) is 0 Å². The van der Waals surface area contributed by atoms with Gasteiger partial charge in [-0.05, 0) is 74.1 Å². The lowest BCUT2D eigenvalue weighted by Crippen LogP contribution is -2.24. The molecule has 1 aliphatic carbocycles. The predicted octanol–water partition coefficient (Wildman–Crippen LogP) is 4.10. The summed E-state index contributed by atoms with van der Waals surface area (Å²) >= 11 is 0. The van der Waals surface area contributed by atoms with Crippen LogP contribution in [0.4, 0.5) is 10.2 Å². The van der Waals surface area contributed by atoms with Crippen molar-refractivity contribution in [1.29, 1.82) is 0 Å². The molecular weight excluding hydrogens is 373 g/mol. The quantitative estimate of drug-likeness (QED) is 0.602. The lowest BCUT2D eigenvalue weighted by Gasteiger charge is -2.26. The van der Waals surface area contributed by atoms with Crippen LogP contribution in [0.25, 0.3) is 22.3 Å². The molecule has 2 aromatic carbocycles. The van der Waals surface area contributed by atoms with Crippen molar-refractivity contribution >= 4 is 22.8 Å². The molecule has 3 N–H and O–H groups in total. The van der Waals surface area contributed by atoms with E-state index in [9.17, 15) is 19.4 Å². The molecule has 1 fully saturated rings. The third-order valence-electron chi connectivity index (χ3n) is 5.40. The molecule has 4 rings (SSSR count). The van der Waals surface area contributed by atoms with Gasteiger partial charge in [-0.15, -0.1) is 0 Å². The number of rotatable bonds is 5. The zero-order valence-electron chi connectivity index (χ0n) is 15.8. The van der Waals surface area contributed by atoms with Crippen molar-refractivity contribution in [3.63, 3.8) is 0 Å². The number of carboxylic acids is 1. The maximum Gasteiger partial charge on any atom is 0.335 e. The van der Waals surface area contributed by atoms with E-state index in [0.717, 1.165) is 31.2 Å². The van der Waals surface area contributed by atoms with Crippen molar-refractivity contribution < 1.29 is 19.4 Å². The Morgan fingerprint density at radius 1 is 1.03 bits per heavy atom. The lowest BCUT2D eigenvalue weighted by atomic mass is 9.87. The van der Waals surface area contributed by atoms with Gasteiger partial charge >= 0.3 is 5.97 Å². The number of aromatic nitrogens is 2. The molecule has 0 aliphatic heterocycles. The Kier molecular flexibility index (Phi) is 5.40. The largest absolute Gasteiger partial charge is 0.478 e. The monoisotopic (exact) mass is 395 g/mol. The molecule has 150 valence electrons. The molecule has 1 heterocycles. The second-order valence-electron chi connectivity index (χ2n) is 7.49. The van der Waals surface area contributed by atoms with Gasteiger partial charge in [0.15, 0.2) is 5.82 Å². The molecule has 6 nitrogen and oxygen atoms in total. The number of hydrogen-bond donors (Lipinski definition) is 3. The van der Waals surface area contributed by atoms with Crippen LogP contribution < -0.4 is 5.32 Å². The van der Waals surface area contributed by atoms with E-state index in [-0.39, 0.29) is 17.5 Å². The van der Waals surface area contributed by atoms with Crippen LogP contribution in [0, 0.1) is 11.7 Å². The number of benzene rings is 2. The van der Waals surface area contributed by atoms with E-state index in [4.69, 9.17) is 0 Å². The highest BCUT2D eigenvalue weighted by atomic mass is 19.1. The molecule has 0 bridgehead atoms. The fourth-order valence-electron chi connectivity index (χ4n) is 3.71. The molecule has 7 heteroatoms. The van der Waals surface area contributed by atoms with Crippen LogP contribution in [-0.2, 0) is 0 Å². The summed E-state index contributed by atoms with van der Waals surface area (Å²) in [5, 5.41) is 22.3. The number of aromatic carboxylic acids is 1. The van der Waals surface area contributed by atoms with Crippen molar-refractivity contribution in [2.75, 3.05) is 11.9 Å². The van der Waals surface area contributed by atoms with Gasteiger partial charge in [-0.25, -0.2) is 19.2 Å². The Morgan fingerprint density at radius 2 is 1.76 bits per heavy atom. The van der Waals surface area contributed by atoms with Crippen LogP contribution >= 0.6 is 0 Å². The summed E-state index contributed by atoms with van der Waals surface area (Å²) < 4.78 is 13.4. The molecule has 1 aliphatic rings. The summed E-state index contributed by atoms with van der Waals surface area (Å²) in [7, 11) is 0. The topological polar surface area (TPSA) is 95.3 Å². The highest BCUT2D eigenvalue weighted by Gasteiger charge is 2.20. The number of carboxylic acid groups (broad SMARTS) is 1. The van der Waals surface area contributed by atoms with Gasteiger partial charge in [0, 0.05) is 12.1 Å². The van der Waals surface area contributed by atoms with Gasteiger partial charge in [0.1, 0.15) is 11.5 Å². The SMILES string of the molecule is O=C(O)c1ccc2nc(-c3ccc(F)cc3)c(NCC3CCC(O)CC3)nc2c1. The van der Waals surface area contributed by atoms with Crippen molar-refractivity contribution in [3.05, 3.63) is 53.8 Å². The number of nitrogens with one attached hydrogen (secondary N) is 1. The van der Waals surface area contributed by atoms with Crippen molar-refractivity contribution in [1.82, 2.24) is 9.97 Å². The van der Waals surface area contributed by atoms with Gasteiger partial charge < -0.3 is 15.5 Å². The van der Waals surface area contributed by atoms with E-state index in [1.807, 2.05) is 0 Å². The first-order valence-corrected chi connectivity index (χ1v) is 9.72. The van der Waals surface area contributed by atoms with Crippen molar-refractivity contribution in [3.8, 4) is 11.3 Å². The second kappa shape index (κ2) is 8.13. The summed E-state index contributed by atoms with van der Waals surface area (Å²) in [6, 6.07) is 10.7. The Bertz CT molecular complexity index is 1030. The first kappa shape index (κ1) is 19.3. The number of halogens is 1. The summed E-state index contributed by atoms with van der Waals surface area (Å²) in [4.78, 5) is 20.6. The lowest BCUT2D eigenvalue weighted by molar-refractivity contribution is 0.0697. The molecule has 0 saturated heterocycles. The molecule has 0 spiro atoms. The van der Waals surface area contributed by atoms with Crippen LogP contribution in [0.15, 0.2) is 42.5 Å². The molecule has 3 aromatic rings. The molecule has 0 atom stereocenters. The van der Waals surface area contributed by atoms with Gasteiger partial charge in [-0.1, -0.05) is 0 Å². The molecule has 0 radical (unpaired) electrons. The number of carbonyl (C=O) groups is 1. The van der Waals surface area contributed by atoms with E-state index in [1.165, 1.54) is 24.3 Å². The second-order valence-corrected chi connectivity index (χ2v) is 7.49. The van der Waals surface area contributed by atoms with Crippen LogP contribution in [0.3, 0.4) is 0 Å². The fourth-order valence-corrected chi connectivity index (χ4v) is 3.71. The number of fused-ring (bicyclic) bond motifs is 1. The van der Waals surface area contributed by atoms with Crippen molar-refractivity contribution in [2.24, 2.45) is 5.92 Å². The van der Waals surface area contributed by atoms with Crippen LogP contribution in [0.2, 0.25) is 0 Å². The van der Waals surface area contributed by atoms with E-state index >= 15 is 0 Å². The van der Waals surface area contributed by atoms with Gasteiger partial charge in [0.05, 0.1) is 22.7 Å². The Morgan fingerprint density at radius 3 is 2.45 bits per heavy atom. The number of nitrogens with zero attached hydrogens (tertiary/aromatic N) is 2. The highest BCUT2D eigenvalue weighted by molar-refractivity contribution is 5.93. The Balaban J connectivity index is 1.70. The average Bonchev–Trinajstić information content (AvgIpc) is 2.73. The third kappa shape index (κ3) is 4.35. The molecule has 0 amide bonds. The maximum absolute atomic E-state index is 13.4. The smallest absolute Gasteiger partial charge is 0.335 e. The maximum atomic E-state index is 13.4. The predicted molar refractivity (Wildman–Crippen MR) is 108 cm³/mol. The van der Waals surface area contributed by atoms with E-state index in [1.54, 1.807) is 18.2 Å². The highest BCUT2D eigenvalue weighted by Crippen LogP contribution is 2.29. The van der Waals surface area contributed by atoms with E-state index in [2.05, 4.69) is 15.3 Å². The first-order chi connectivity index (χ1) is 14.0. The van der Waals surface area contributed by atoms with E-state index in [0.29, 0.717) is 35.0 Å². The summed E-state index contributed by atoms with van der Waals surface area (Å²) in [5.41, 5.74) is 2.52. The number of anilines is 1. The summed E-state index contributed by atoms with van der Waals surface area (Å²) in [6.45, 7) is 0.680. The number of aliphatic hydroxyl groups excluding tert-OH is 1. The minimum Gasteiger partial charge on any atom is -0.478 e. The first-order valence-electron chi connectivity index (χ1n) is 9.72. The summed E-state index contributed by atoms with van der Waals surface area (Å²) in [5.74, 6) is -0.393. The Labute approximate surface area is 167 Å². The van der Waals surface area contributed by atoms with E-state index < -0.39 is 5.97 Å². The minimum atomic E-state index is -1.02. The van der Waals surface area contributed by atoms with Crippen LogP contribution in [0.1, 0.15) is 36.0 Å². The van der Waals surface area contributed by atoms with Gasteiger partial charge in [0.25, 0.3) is 0 Å². The van der Waals surface area contributed by atoms with Crippen LogP contribution in [-0.4, -0.2) is 38.8 Å². The zero-order valence-corrected chi connectivity index (χ0v) is 15.8. The molecule has 1 saturated carbocycles. The zero-order chi connectivity index (χ0) is 20.4. The minimum absolute atomic E-state index is 0.147.